The molecule has 3 nitrogen and oxygen atoms in total. The van der Waals surface area contributed by atoms with E-state index in [2.05, 4.69) is 10.6 Å². The van der Waals surface area contributed by atoms with Crippen LogP contribution in [0.4, 0.5) is 5.69 Å². The summed E-state index contributed by atoms with van der Waals surface area (Å²) in [7, 11) is 0. The van der Waals surface area contributed by atoms with E-state index in [1.807, 2.05) is 0 Å². The number of nitrogens with one attached hydrogen (secondary N) is 1. The van der Waals surface area contributed by atoms with E-state index in [0.29, 0.717) is 27.8 Å². The Kier molecular flexibility index (Phi) is 4.07. The van der Waals surface area contributed by atoms with Crippen LogP contribution in [0.5, 0.6) is 0 Å². The van der Waals surface area contributed by atoms with Gasteiger partial charge in [0.25, 0.3) is 5.91 Å². The fourth-order valence-electron chi connectivity index (χ4n) is 5.53. The highest BCUT2D eigenvalue weighted by Crippen LogP contribution is 2.54. The fourth-order valence-corrected chi connectivity index (χ4v) is 5.98. The second kappa shape index (κ2) is 5.94. The maximum atomic E-state index is 12.3. The molecule has 4 fully saturated rings. The molecular weight excluding hydrogens is 331 g/mol. The summed E-state index contributed by atoms with van der Waals surface area (Å²) in [5, 5.41) is 6.29. The number of nitrogens with two attached hydrogens (primary N) is 1. The van der Waals surface area contributed by atoms with E-state index in [9.17, 15) is 4.79 Å². The van der Waals surface area contributed by atoms with Crippen LogP contribution in [-0.2, 0) is 4.79 Å². The highest BCUT2D eigenvalue weighted by molar-refractivity contribution is 6.36. The van der Waals surface area contributed by atoms with Crippen molar-refractivity contribution in [2.45, 2.75) is 44.1 Å². The molecule has 4 aliphatic carbocycles. The van der Waals surface area contributed by atoms with E-state index in [-0.39, 0.29) is 5.91 Å². The molecule has 4 saturated carbocycles. The van der Waals surface area contributed by atoms with Gasteiger partial charge in [-0.05, 0) is 55.2 Å². The molecule has 1 aromatic rings. The summed E-state index contributed by atoms with van der Waals surface area (Å²) in [5.74, 6) is 2.74. The van der Waals surface area contributed by atoms with Crippen LogP contribution in [0.3, 0.4) is 0 Å². The molecule has 0 unspecified atom stereocenters. The molecule has 0 aromatic heterocycles. The number of amides is 1. The van der Waals surface area contributed by atoms with Crippen molar-refractivity contribution in [1.82, 2.24) is 0 Å². The molecule has 4 aliphatic rings. The molecule has 1 aromatic carbocycles. The fraction of sp³-hybridized carbons (Fsp3) is 0.611. The highest BCUT2D eigenvalue weighted by Gasteiger charge is 2.53. The Labute approximate surface area is 147 Å². The Bertz CT molecular complexity index is 596. The van der Waals surface area contributed by atoms with Crippen LogP contribution in [0.2, 0.25) is 10.0 Å². The molecule has 4 bridgehead atoms. The van der Waals surface area contributed by atoms with Crippen LogP contribution in [-0.4, -0.2) is 18.0 Å². The molecule has 0 aliphatic heterocycles. The van der Waals surface area contributed by atoms with E-state index in [1.54, 1.807) is 18.2 Å². The van der Waals surface area contributed by atoms with Crippen LogP contribution in [0, 0.1) is 17.8 Å². The van der Waals surface area contributed by atoms with Gasteiger partial charge in [0.15, 0.2) is 6.54 Å². The van der Waals surface area contributed by atoms with Crippen molar-refractivity contribution >= 4 is 34.8 Å². The van der Waals surface area contributed by atoms with E-state index < -0.39 is 0 Å². The first-order valence-electron chi connectivity index (χ1n) is 8.61. The number of rotatable bonds is 4. The monoisotopic (exact) mass is 353 g/mol. The van der Waals surface area contributed by atoms with Crippen molar-refractivity contribution in [2.24, 2.45) is 17.8 Å². The van der Waals surface area contributed by atoms with Gasteiger partial charge in [0.2, 0.25) is 0 Å². The molecule has 5 heteroatoms. The van der Waals surface area contributed by atoms with Gasteiger partial charge in [0.05, 0.1) is 16.2 Å². The van der Waals surface area contributed by atoms with Gasteiger partial charge in [-0.2, -0.15) is 0 Å². The Morgan fingerprint density at radius 1 is 1.13 bits per heavy atom. The summed E-state index contributed by atoms with van der Waals surface area (Å²) < 4.78 is 0. The lowest BCUT2D eigenvalue weighted by atomic mass is 9.53. The second-order valence-electron chi connectivity index (χ2n) is 7.86. The minimum atomic E-state index is 0.0185. The third-order valence-corrected chi connectivity index (χ3v) is 6.56. The van der Waals surface area contributed by atoms with E-state index in [1.165, 1.54) is 38.5 Å². The second-order valence-corrected chi connectivity index (χ2v) is 8.70. The zero-order valence-corrected chi connectivity index (χ0v) is 14.7. The summed E-state index contributed by atoms with van der Waals surface area (Å²) in [6.07, 6.45) is 8.19. The normalized spacial score (nSPS) is 34.6. The van der Waals surface area contributed by atoms with Gasteiger partial charge in [0, 0.05) is 24.3 Å². The van der Waals surface area contributed by atoms with Gasteiger partial charge < -0.3 is 10.6 Å². The van der Waals surface area contributed by atoms with Gasteiger partial charge in [-0.15, -0.1) is 0 Å². The third kappa shape index (κ3) is 3.24. The minimum absolute atomic E-state index is 0.0185. The Hall–Kier alpha value is -0.770. The smallest absolute Gasteiger partial charge is 0.279 e. The zero-order chi connectivity index (χ0) is 16.0. The first-order valence-corrected chi connectivity index (χ1v) is 9.36. The van der Waals surface area contributed by atoms with Gasteiger partial charge in [0.1, 0.15) is 0 Å². The summed E-state index contributed by atoms with van der Waals surface area (Å²) in [6, 6.07) is 5.15. The molecule has 0 spiro atoms. The van der Waals surface area contributed by atoms with Crippen LogP contribution >= 0.6 is 23.2 Å². The van der Waals surface area contributed by atoms with Crippen molar-refractivity contribution in [1.29, 1.82) is 0 Å². The largest absolute Gasteiger partial charge is 0.334 e. The topological polar surface area (TPSA) is 45.7 Å². The SMILES string of the molecule is O=C(C[NH2+]C12CC3CC(CC(C3)C1)C2)Nc1ccc(Cl)cc1Cl. The van der Waals surface area contributed by atoms with Crippen molar-refractivity contribution in [3.8, 4) is 0 Å². The molecule has 5 rings (SSSR count). The molecule has 0 heterocycles. The van der Waals surface area contributed by atoms with Gasteiger partial charge >= 0.3 is 0 Å². The van der Waals surface area contributed by atoms with Crippen LogP contribution in [0.25, 0.3) is 0 Å². The third-order valence-electron chi connectivity index (χ3n) is 6.01. The number of hydrogen-bond donors (Lipinski definition) is 2. The van der Waals surface area contributed by atoms with Gasteiger partial charge in [-0.25, -0.2) is 0 Å². The van der Waals surface area contributed by atoms with E-state index in [0.717, 1.165) is 17.8 Å². The summed E-state index contributed by atoms with van der Waals surface area (Å²) in [6.45, 7) is 0.477. The predicted molar refractivity (Wildman–Crippen MR) is 92.8 cm³/mol. The minimum Gasteiger partial charge on any atom is -0.334 e. The molecule has 23 heavy (non-hydrogen) atoms. The average Bonchev–Trinajstić information content (AvgIpc) is 2.47. The van der Waals surface area contributed by atoms with Crippen LogP contribution < -0.4 is 10.6 Å². The maximum absolute atomic E-state index is 12.3. The first kappa shape index (κ1) is 15.7. The lowest BCUT2D eigenvalue weighted by Gasteiger charge is -2.54. The molecular formula is C18H23Cl2N2O+. The Morgan fingerprint density at radius 3 is 2.30 bits per heavy atom. The lowest BCUT2D eigenvalue weighted by Crippen LogP contribution is -3.00. The number of anilines is 1. The first-order chi connectivity index (χ1) is 11.0. The Morgan fingerprint density at radius 2 is 1.74 bits per heavy atom. The number of benzene rings is 1. The molecule has 1 amide bonds. The van der Waals surface area contributed by atoms with Crippen molar-refractivity contribution < 1.29 is 10.1 Å². The van der Waals surface area contributed by atoms with Crippen molar-refractivity contribution in [3.05, 3.63) is 28.2 Å². The van der Waals surface area contributed by atoms with E-state index in [4.69, 9.17) is 23.2 Å². The number of hydrogen-bond acceptors (Lipinski definition) is 1. The summed E-state index contributed by atoms with van der Waals surface area (Å²) >= 11 is 12.0. The quantitative estimate of drug-likeness (QED) is 0.855. The number of halogens is 2. The lowest BCUT2D eigenvalue weighted by molar-refractivity contribution is -0.729. The standard InChI is InChI=1S/C18H22Cl2N2O/c19-14-1-2-16(15(20)6-14)22-17(23)10-21-18-7-11-3-12(8-18)5-13(4-11)9-18/h1-2,6,11-13,21H,3-5,7-10H2,(H,22,23)/p+1. The zero-order valence-electron chi connectivity index (χ0n) is 13.2. The molecule has 0 atom stereocenters. The molecule has 3 N–H and O–H groups in total. The molecule has 0 saturated heterocycles. The van der Waals surface area contributed by atoms with Gasteiger partial charge in [-0.1, -0.05) is 23.2 Å². The van der Waals surface area contributed by atoms with E-state index >= 15 is 0 Å². The van der Waals surface area contributed by atoms with Gasteiger partial charge in [-0.3, -0.25) is 4.79 Å². The average molecular weight is 354 g/mol. The van der Waals surface area contributed by atoms with Crippen molar-refractivity contribution in [2.75, 3.05) is 11.9 Å². The number of carbonyl (C=O) groups excluding carboxylic acids is 1. The molecule has 124 valence electrons. The Balaban J connectivity index is 1.36. The van der Waals surface area contributed by atoms with Crippen molar-refractivity contribution in [3.63, 3.8) is 0 Å². The number of quaternary nitrogens is 1. The van der Waals surface area contributed by atoms with Crippen LogP contribution in [0.15, 0.2) is 18.2 Å². The predicted octanol–water partition coefficient (Wildman–Crippen LogP) is 3.46. The number of carbonyl (C=O) groups is 1. The summed E-state index contributed by atoms with van der Waals surface area (Å²) in [4.78, 5) is 12.3. The highest BCUT2D eigenvalue weighted by atomic mass is 35.5. The van der Waals surface area contributed by atoms with Crippen LogP contribution in [0.1, 0.15) is 38.5 Å². The molecule has 0 radical (unpaired) electrons. The summed E-state index contributed by atoms with van der Waals surface area (Å²) in [5.41, 5.74) is 0.968. The maximum Gasteiger partial charge on any atom is 0.279 e.